The van der Waals surface area contributed by atoms with E-state index in [0.29, 0.717) is 22.8 Å². The molecule has 0 radical (unpaired) electrons. The van der Waals surface area contributed by atoms with Crippen LogP contribution in [-0.4, -0.2) is 15.0 Å². The van der Waals surface area contributed by atoms with E-state index in [1.807, 2.05) is 37.3 Å². The summed E-state index contributed by atoms with van der Waals surface area (Å²) in [7, 11) is 0. The van der Waals surface area contributed by atoms with E-state index in [1.165, 1.54) is 12.1 Å². The number of nitrogens with one attached hydrogen (secondary N) is 1. The number of halogens is 1. The molecule has 2 heterocycles. The Morgan fingerprint density at radius 3 is 2.52 bits per heavy atom. The predicted molar refractivity (Wildman–Crippen MR) is 111 cm³/mol. The number of aryl methyl sites for hydroxylation is 1. The molecule has 29 heavy (non-hydrogen) atoms. The second-order valence-corrected chi connectivity index (χ2v) is 6.39. The molecule has 0 aliphatic rings. The molecule has 0 aliphatic carbocycles. The van der Waals surface area contributed by atoms with Crippen molar-refractivity contribution in [2.24, 2.45) is 0 Å². The van der Waals surface area contributed by atoms with Crippen molar-refractivity contribution in [3.05, 3.63) is 84.4 Å². The number of hydrogen-bond donors (Lipinski definition) is 2. The summed E-state index contributed by atoms with van der Waals surface area (Å²) in [6.07, 6.45) is 1.70. The van der Waals surface area contributed by atoms with Crippen LogP contribution in [0, 0.1) is 12.7 Å². The average Bonchev–Trinajstić information content (AvgIpc) is 2.69. The highest BCUT2D eigenvalue weighted by molar-refractivity contribution is 5.67. The van der Waals surface area contributed by atoms with E-state index in [2.05, 4.69) is 20.3 Å². The Bertz CT molecular complexity index is 1150. The molecule has 4 aromatic rings. The first-order valence-electron chi connectivity index (χ1n) is 8.93. The summed E-state index contributed by atoms with van der Waals surface area (Å²) < 4.78 is 19.3. The Morgan fingerprint density at radius 1 is 0.931 bits per heavy atom. The van der Waals surface area contributed by atoms with Crippen LogP contribution in [0.15, 0.2) is 72.9 Å². The SMILES string of the molecule is Cc1cc(Oc2ccc(Nc3cc(-c4cccc(F)c4)nc(N)n3)cc2)ccn1. The molecule has 3 N–H and O–H groups in total. The smallest absolute Gasteiger partial charge is 0.222 e. The first-order chi connectivity index (χ1) is 14.0. The number of pyridine rings is 1. The van der Waals surface area contributed by atoms with Crippen molar-refractivity contribution < 1.29 is 9.13 Å². The van der Waals surface area contributed by atoms with Crippen LogP contribution in [0.2, 0.25) is 0 Å². The fraction of sp³-hybridized carbons (Fsp3) is 0.0455. The van der Waals surface area contributed by atoms with Gasteiger partial charge in [-0.3, -0.25) is 4.98 Å². The molecule has 0 atom stereocenters. The molecule has 0 saturated carbocycles. The largest absolute Gasteiger partial charge is 0.457 e. The van der Waals surface area contributed by atoms with Crippen LogP contribution in [0.1, 0.15) is 5.69 Å². The highest BCUT2D eigenvalue weighted by Crippen LogP contribution is 2.26. The molecule has 0 aliphatic heterocycles. The topological polar surface area (TPSA) is 86.0 Å². The Hall–Kier alpha value is -4.00. The lowest BCUT2D eigenvalue weighted by Crippen LogP contribution is -2.01. The molecule has 6 nitrogen and oxygen atoms in total. The molecule has 0 amide bonds. The quantitative estimate of drug-likeness (QED) is 0.495. The van der Waals surface area contributed by atoms with Gasteiger partial charge in [-0.05, 0) is 49.4 Å². The van der Waals surface area contributed by atoms with Crippen molar-refractivity contribution in [2.45, 2.75) is 6.92 Å². The maximum absolute atomic E-state index is 13.5. The fourth-order valence-corrected chi connectivity index (χ4v) is 2.80. The molecule has 0 fully saturated rings. The molecule has 2 aromatic carbocycles. The van der Waals surface area contributed by atoms with Crippen LogP contribution in [0.3, 0.4) is 0 Å². The van der Waals surface area contributed by atoms with E-state index in [4.69, 9.17) is 10.5 Å². The van der Waals surface area contributed by atoms with Crippen LogP contribution in [0.5, 0.6) is 11.5 Å². The monoisotopic (exact) mass is 387 g/mol. The molecule has 4 rings (SSSR count). The van der Waals surface area contributed by atoms with Crippen molar-refractivity contribution in [1.82, 2.24) is 15.0 Å². The molecule has 0 bridgehead atoms. The van der Waals surface area contributed by atoms with Crippen molar-refractivity contribution in [2.75, 3.05) is 11.1 Å². The van der Waals surface area contributed by atoms with Gasteiger partial charge in [-0.1, -0.05) is 12.1 Å². The van der Waals surface area contributed by atoms with E-state index in [1.54, 1.807) is 30.5 Å². The average molecular weight is 387 g/mol. The van der Waals surface area contributed by atoms with Gasteiger partial charge < -0.3 is 15.8 Å². The Morgan fingerprint density at radius 2 is 1.76 bits per heavy atom. The second kappa shape index (κ2) is 7.93. The Labute approximate surface area is 167 Å². The minimum Gasteiger partial charge on any atom is -0.457 e. The van der Waals surface area contributed by atoms with E-state index < -0.39 is 0 Å². The van der Waals surface area contributed by atoms with Gasteiger partial charge in [0.1, 0.15) is 23.1 Å². The lowest BCUT2D eigenvalue weighted by atomic mass is 10.1. The number of nitrogen functional groups attached to an aromatic ring is 1. The zero-order valence-corrected chi connectivity index (χ0v) is 15.6. The summed E-state index contributed by atoms with van der Waals surface area (Å²) in [5, 5.41) is 3.18. The zero-order chi connectivity index (χ0) is 20.2. The number of nitrogens with two attached hydrogens (primary N) is 1. The van der Waals surface area contributed by atoms with Crippen LogP contribution >= 0.6 is 0 Å². The maximum Gasteiger partial charge on any atom is 0.222 e. The number of anilines is 3. The molecule has 0 spiro atoms. The summed E-state index contributed by atoms with van der Waals surface area (Å²) in [5.41, 5.74) is 8.67. The lowest BCUT2D eigenvalue weighted by Gasteiger charge is -2.10. The fourth-order valence-electron chi connectivity index (χ4n) is 2.80. The number of ether oxygens (including phenoxy) is 1. The van der Waals surface area contributed by atoms with Crippen molar-refractivity contribution in [3.63, 3.8) is 0 Å². The Balaban J connectivity index is 1.52. The maximum atomic E-state index is 13.5. The van der Waals surface area contributed by atoms with E-state index >= 15 is 0 Å². The molecule has 0 saturated heterocycles. The first-order valence-corrected chi connectivity index (χ1v) is 8.93. The zero-order valence-electron chi connectivity index (χ0n) is 15.6. The van der Waals surface area contributed by atoms with E-state index in [-0.39, 0.29) is 11.8 Å². The number of aromatic nitrogens is 3. The predicted octanol–water partition coefficient (Wildman–Crippen LogP) is 5.10. The third-order valence-corrected chi connectivity index (χ3v) is 4.09. The summed E-state index contributed by atoms with van der Waals surface area (Å²) in [5.74, 6) is 1.69. The van der Waals surface area contributed by atoms with Gasteiger partial charge in [-0.25, -0.2) is 9.37 Å². The standard InChI is InChI=1S/C22H18FN5O/c1-14-11-19(9-10-25-14)29-18-7-5-17(6-8-18)26-21-13-20(27-22(24)28-21)15-3-2-4-16(23)12-15/h2-13H,1H3,(H3,24,26,27,28). The Kier molecular flexibility index (Phi) is 5.03. The third-order valence-electron chi connectivity index (χ3n) is 4.09. The van der Waals surface area contributed by atoms with Crippen LogP contribution in [0.4, 0.5) is 21.8 Å². The van der Waals surface area contributed by atoms with Gasteiger partial charge in [0.2, 0.25) is 5.95 Å². The van der Waals surface area contributed by atoms with E-state index in [9.17, 15) is 4.39 Å². The van der Waals surface area contributed by atoms with Gasteiger partial charge >= 0.3 is 0 Å². The minimum absolute atomic E-state index is 0.0993. The first kappa shape index (κ1) is 18.4. The number of hydrogen-bond acceptors (Lipinski definition) is 6. The van der Waals surface area contributed by atoms with E-state index in [0.717, 1.165) is 17.1 Å². The summed E-state index contributed by atoms with van der Waals surface area (Å²) in [6, 6.07) is 19.0. The van der Waals surface area contributed by atoms with Crippen molar-refractivity contribution in [3.8, 4) is 22.8 Å². The van der Waals surface area contributed by atoms with Crippen LogP contribution in [0.25, 0.3) is 11.3 Å². The molecular formula is C22H18FN5O. The summed E-state index contributed by atoms with van der Waals surface area (Å²) in [6.45, 7) is 1.91. The van der Waals surface area contributed by atoms with Gasteiger partial charge in [0.15, 0.2) is 0 Å². The van der Waals surface area contributed by atoms with Crippen molar-refractivity contribution >= 4 is 17.5 Å². The van der Waals surface area contributed by atoms with Crippen LogP contribution < -0.4 is 15.8 Å². The molecule has 144 valence electrons. The number of benzene rings is 2. The van der Waals surface area contributed by atoms with Crippen LogP contribution in [-0.2, 0) is 0 Å². The molecule has 7 heteroatoms. The van der Waals surface area contributed by atoms with Gasteiger partial charge in [0.05, 0.1) is 5.69 Å². The highest BCUT2D eigenvalue weighted by Gasteiger charge is 2.07. The highest BCUT2D eigenvalue weighted by atomic mass is 19.1. The van der Waals surface area contributed by atoms with Gasteiger partial charge in [-0.15, -0.1) is 0 Å². The lowest BCUT2D eigenvalue weighted by molar-refractivity contribution is 0.481. The molecule has 0 unspecified atom stereocenters. The minimum atomic E-state index is -0.339. The second-order valence-electron chi connectivity index (χ2n) is 6.39. The van der Waals surface area contributed by atoms with Gasteiger partial charge in [-0.2, -0.15) is 4.98 Å². The van der Waals surface area contributed by atoms with Crippen molar-refractivity contribution in [1.29, 1.82) is 0 Å². The number of nitrogens with zero attached hydrogens (tertiary/aromatic N) is 3. The van der Waals surface area contributed by atoms with Gasteiger partial charge in [0.25, 0.3) is 0 Å². The third kappa shape index (κ3) is 4.65. The van der Waals surface area contributed by atoms with Gasteiger partial charge in [0, 0.05) is 35.3 Å². The summed E-state index contributed by atoms with van der Waals surface area (Å²) in [4.78, 5) is 12.5. The molecule has 2 aromatic heterocycles. The summed E-state index contributed by atoms with van der Waals surface area (Å²) >= 11 is 0. The normalized spacial score (nSPS) is 10.6. The molecular weight excluding hydrogens is 369 g/mol. The number of rotatable bonds is 5.